The first-order valence-corrected chi connectivity index (χ1v) is 6.42. The van der Waals surface area contributed by atoms with Crippen LogP contribution in [-0.2, 0) is 24.2 Å². The van der Waals surface area contributed by atoms with Crippen molar-refractivity contribution in [1.82, 2.24) is 15.3 Å². The van der Waals surface area contributed by atoms with Gasteiger partial charge in [0.2, 0.25) is 0 Å². The Morgan fingerprint density at radius 1 is 1.29 bits per heavy atom. The highest BCUT2D eigenvalue weighted by atomic mass is 16.5. The molecule has 1 unspecified atom stereocenters. The molecule has 1 aromatic heterocycles. The molecule has 0 spiro atoms. The van der Waals surface area contributed by atoms with E-state index < -0.39 is 0 Å². The minimum atomic E-state index is 0.0245. The average Bonchev–Trinajstić information content (AvgIpc) is 2.79. The molecular weight excluding hydrogens is 214 g/mol. The molecule has 94 valence electrons. The molecule has 0 amide bonds. The van der Waals surface area contributed by atoms with Crippen LogP contribution >= 0.6 is 0 Å². The van der Waals surface area contributed by atoms with Crippen molar-refractivity contribution < 1.29 is 4.74 Å². The number of nitrogens with one attached hydrogen (secondary N) is 1. The molecule has 1 aromatic rings. The Bertz CT molecular complexity index is 388. The number of methoxy groups -OCH3 is 1. The van der Waals surface area contributed by atoms with E-state index in [-0.39, 0.29) is 6.10 Å². The highest BCUT2D eigenvalue weighted by molar-refractivity contribution is 5.29. The highest BCUT2D eigenvalue weighted by Crippen LogP contribution is 2.23. The number of aryl methyl sites for hydroxylation is 1. The zero-order chi connectivity index (χ0) is 12.3. The van der Waals surface area contributed by atoms with Crippen LogP contribution < -0.4 is 5.32 Å². The third kappa shape index (κ3) is 2.48. The summed E-state index contributed by atoms with van der Waals surface area (Å²) in [7, 11) is 1.72. The maximum atomic E-state index is 5.43. The van der Waals surface area contributed by atoms with Gasteiger partial charge in [-0.05, 0) is 12.8 Å². The topological polar surface area (TPSA) is 47.0 Å². The summed E-state index contributed by atoms with van der Waals surface area (Å²) in [6, 6.07) is 0. The van der Waals surface area contributed by atoms with E-state index in [0.29, 0.717) is 0 Å². The summed E-state index contributed by atoms with van der Waals surface area (Å²) in [5.74, 6) is 0.848. The maximum Gasteiger partial charge on any atom is 0.157 e. The van der Waals surface area contributed by atoms with Gasteiger partial charge in [-0.3, -0.25) is 0 Å². The standard InChI is InChI=1S/C13H21N3O/c1-4-6-10-9-7-14-8-11(9)16-13(15-10)12(5-2)17-3/h12,14H,4-8H2,1-3H3. The van der Waals surface area contributed by atoms with E-state index in [0.717, 1.165) is 43.9 Å². The van der Waals surface area contributed by atoms with Gasteiger partial charge in [0.15, 0.2) is 5.82 Å². The van der Waals surface area contributed by atoms with Crippen LogP contribution in [0.5, 0.6) is 0 Å². The largest absolute Gasteiger partial charge is 0.373 e. The van der Waals surface area contributed by atoms with Gasteiger partial charge < -0.3 is 10.1 Å². The summed E-state index contributed by atoms with van der Waals surface area (Å²) >= 11 is 0. The molecule has 2 heterocycles. The number of ether oxygens (including phenoxy) is 1. The number of nitrogens with zero attached hydrogens (tertiary/aromatic N) is 2. The Balaban J connectivity index is 2.38. The number of fused-ring (bicyclic) bond motifs is 1. The Labute approximate surface area is 103 Å². The number of hydrogen-bond acceptors (Lipinski definition) is 4. The van der Waals surface area contributed by atoms with Crippen molar-refractivity contribution in [3.05, 3.63) is 22.8 Å². The van der Waals surface area contributed by atoms with Crippen molar-refractivity contribution in [3.63, 3.8) is 0 Å². The summed E-state index contributed by atoms with van der Waals surface area (Å²) in [5.41, 5.74) is 3.67. The molecule has 4 heteroatoms. The summed E-state index contributed by atoms with van der Waals surface area (Å²) in [6.07, 6.45) is 3.08. The second-order valence-corrected chi connectivity index (χ2v) is 4.44. The molecule has 0 bridgehead atoms. The third-order valence-electron chi connectivity index (χ3n) is 3.22. The van der Waals surface area contributed by atoms with E-state index in [9.17, 15) is 0 Å². The molecule has 1 N–H and O–H groups in total. The first kappa shape index (κ1) is 12.5. The Kier molecular flexibility index (Phi) is 4.07. The van der Waals surface area contributed by atoms with Crippen LogP contribution in [0.25, 0.3) is 0 Å². The monoisotopic (exact) mass is 235 g/mol. The van der Waals surface area contributed by atoms with E-state index in [1.165, 1.54) is 11.3 Å². The van der Waals surface area contributed by atoms with Crippen LogP contribution in [0.15, 0.2) is 0 Å². The fourth-order valence-electron chi connectivity index (χ4n) is 2.30. The van der Waals surface area contributed by atoms with Gasteiger partial charge in [-0.1, -0.05) is 20.3 Å². The van der Waals surface area contributed by atoms with E-state index in [2.05, 4.69) is 24.1 Å². The minimum absolute atomic E-state index is 0.0245. The number of rotatable bonds is 5. The van der Waals surface area contributed by atoms with Gasteiger partial charge in [-0.2, -0.15) is 0 Å². The van der Waals surface area contributed by atoms with Gasteiger partial charge in [0, 0.05) is 31.5 Å². The predicted molar refractivity (Wildman–Crippen MR) is 66.6 cm³/mol. The lowest BCUT2D eigenvalue weighted by Crippen LogP contribution is -2.11. The quantitative estimate of drug-likeness (QED) is 0.849. The molecule has 4 nitrogen and oxygen atoms in total. The Hall–Kier alpha value is -1.00. The van der Waals surface area contributed by atoms with Gasteiger partial charge in [-0.15, -0.1) is 0 Å². The molecular formula is C13H21N3O. The SMILES string of the molecule is CCCc1nc(C(CC)OC)nc2c1CNC2. The van der Waals surface area contributed by atoms with Crippen LogP contribution in [0.4, 0.5) is 0 Å². The molecule has 0 saturated carbocycles. The summed E-state index contributed by atoms with van der Waals surface area (Å²) in [4.78, 5) is 9.34. The molecule has 0 aromatic carbocycles. The van der Waals surface area contributed by atoms with Crippen molar-refractivity contribution in [2.24, 2.45) is 0 Å². The minimum Gasteiger partial charge on any atom is -0.373 e. The fraction of sp³-hybridized carbons (Fsp3) is 0.692. The van der Waals surface area contributed by atoms with Crippen LogP contribution in [0, 0.1) is 0 Å². The summed E-state index contributed by atoms with van der Waals surface area (Å²) < 4.78 is 5.43. The van der Waals surface area contributed by atoms with E-state index in [4.69, 9.17) is 9.72 Å². The smallest absolute Gasteiger partial charge is 0.157 e. The molecule has 0 saturated heterocycles. The van der Waals surface area contributed by atoms with E-state index >= 15 is 0 Å². The summed E-state index contributed by atoms with van der Waals surface area (Å²) in [5, 5.41) is 3.35. The average molecular weight is 235 g/mol. The molecule has 1 aliphatic rings. The Morgan fingerprint density at radius 3 is 2.76 bits per heavy atom. The van der Waals surface area contributed by atoms with Gasteiger partial charge in [0.25, 0.3) is 0 Å². The summed E-state index contributed by atoms with van der Waals surface area (Å²) in [6.45, 7) is 6.06. The molecule has 0 radical (unpaired) electrons. The van der Waals surface area contributed by atoms with Crippen molar-refractivity contribution in [2.75, 3.05) is 7.11 Å². The lowest BCUT2D eigenvalue weighted by atomic mass is 10.1. The van der Waals surface area contributed by atoms with Crippen molar-refractivity contribution in [1.29, 1.82) is 0 Å². The molecule has 0 fully saturated rings. The van der Waals surface area contributed by atoms with Crippen molar-refractivity contribution in [3.8, 4) is 0 Å². The molecule has 1 atom stereocenters. The predicted octanol–water partition coefficient (Wildman–Crippen LogP) is 2.13. The Morgan fingerprint density at radius 2 is 2.12 bits per heavy atom. The first-order chi connectivity index (χ1) is 8.30. The molecule has 17 heavy (non-hydrogen) atoms. The van der Waals surface area contributed by atoms with Gasteiger partial charge in [0.05, 0.1) is 5.69 Å². The van der Waals surface area contributed by atoms with Crippen LogP contribution in [-0.4, -0.2) is 17.1 Å². The molecule has 0 aliphatic carbocycles. The fourth-order valence-corrected chi connectivity index (χ4v) is 2.30. The lowest BCUT2D eigenvalue weighted by Gasteiger charge is -2.14. The van der Waals surface area contributed by atoms with Crippen LogP contribution in [0.1, 0.15) is 55.6 Å². The first-order valence-electron chi connectivity index (χ1n) is 6.42. The van der Waals surface area contributed by atoms with Crippen LogP contribution in [0.3, 0.4) is 0 Å². The zero-order valence-corrected chi connectivity index (χ0v) is 10.9. The zero-order valence-electron chi connectivity index (χ0n) is 10.9. The van der Waals surface area contributed by atoms with E-state index in [1.807, 2.05) is 0 Å². The van der Waals surface area contributed by atoms with Gasteiger partial charge in [0.1, 0.15) is 6.10 Å². The third-order valence-corrected chi connectivity index (χ3v) is 3.22. The van der Waals surface area contributed by atoms with Crippen molar-refractivity contribution in [2.45, 2.75) is 52.3 Å². The van der Waals surface area contributed by atoms with Gasteiger partial charge in [-0.25, -0.2) is 9.97 Å². The van der Waals surface area contributed by atoms with E-state index in [1.54, 1.807) is 7.11 Å². The normalized spacial score (nSPS) is 15.9. The second-order valence-electron chi connectivity index (χ2n) is 4.44. The maximum absolute atomic E-state index is 5.43. The number of aromatic nitrogens is 2. The number of hydrogen-bond donors (Lipinski definition) is 1. The molecule has 1 aliphatic heterocycles. The van der Waals surface area contributed by atoms with Gasteiger partial charge >= 0.3 is 0 Å². The lowest BCUT2D eigenvalue weighted by molar-refractivity contribution is 0.0921. The molecule has 2 rings (SSSR count). The highest BCUT2D eigenvalue weighted by Gasteiger charge is 2.21. The van der Waals surface area contributed by atoms with Crippen LogP contribution in [0.2, 0.25) is 0 Å². The second kappa shape index (κ2) is 5.56. The van der Waals surface area contributed by atoms with Crippen molar-refractivity contribution >= 4 is 0 Å².